The van der Waals surface area contributed by atoms with Crippen molar-refractivity contribution in [3.05, 3.63) is 42.0 Å². The number of aromatic nitrogens is 3. The van der Waals surface area contributed by atoms with Crippen molar-refractivity contribution in [2.24, 2.45) is 12.9 Å². The van der Waals surface area contributed by atoms with Crippen molar-refractivity contribution in [3.63, 3.8) is 0 Å². The molecule has 2 aromatic rings. The fraction of sp³-hybridized carbons (Fsp3) is 0.385. The Balaban J connectivity index is 2.15. The van der Waals surface area contributed by atoms with E-state index in [1.165, 1.54) is 0 Å². The highest BCUT2D eigenvalue weighted by molar-refractivity contribution is 5.46. The Bertz CT molecular complexity index is 516. The fourth-order valence-electron chi connectivity index (χ4n) is 1.97. The van der Waals surface area contributed by atoms with E-state index in [9.17, 15) is 0 Å². The molecule has 6 heteroatoms. The minimum absolute atomic E-state index is 0.0270. The van der Waals surface area contributed by atoms with Gasteiger partial charge in [0.25, 0.3) is 0 Å². The first kappa shape index (κ1) is 13.5. The van der Waals surface area contributed by atoms with Gasteiger partial charge in [-0.05, 0) is 17.7 Å². The number of hydrogen-bond donors (Lipinski definition) is 2. The zero-order chi connectivity index (χ0) is 13.8. The van der Waals surface area contributed by atoms with Gasteiger partial charge >= 0.3 is 0 Å². The van der Waals surface area contributed by atoms with E-state index in [0.29, 0.717) is 6.42 Å². The number of anilines is 1. The fourth-order valence-corrected chi connectivity index (χ4v) is 1.97. The second-order valence-electron chi connectivity index (χ2n) is 4.71. The van der Waals surface area contributed by atoms with E-state index in [4.69, 9.17) is 5.84 Å². The molecule has 0 aliphatic heterocycles. The molecule has 1 aromatic carbocycles. The van der Waals surface area contributed by atoms with Crippen LogP contribution in [0.4, 0.5) is 5.69 Å². The topological polar surface area (TPSA) is 72.0 Å². The summed E-state index contributed by atoms with van der Waals surface area (Å²) >= 11 is 0. The van der Waals surface area contributed by atoms with E-state index in [1.807, 2.05) is 21.1 Å². The molecule has 102 valence electrons. The summed E-state index contributed by atoms with van der Waals surface area (Å²) in [4.78, 5) is 6.29. The van der Waals surface area contributed by atoms with Crippen LogP contribution in [0, 0.1) is 0 Å². The molecule has 0 bridgehead atoms. The Morgan fingerprint density at radius 1 is 1.32 bits per heavy atom. The quantitative estimate of drug-likeness (QED) is 0.609. The lowest BCUT2D eigenvalue weighted by Gasteiger charge is -2.18. The predicted molar refractivity (Wildman–Crippen MR) is 75.5 cm³/mol. The summed E-state index contributed by atoms with van der Waals surface area (Å²) in [6, 6.07) is 8.35. The van der Waals surface area contributed by atoms with Gasteiger partial charge in [-0.25, -0.2) is 4.98 Å². The molecule has 1 heterocycles. The van der Waals surface area contributed by atoms with Crippen molar-refractivity contribution in [2.75, 3.05) is 19.0 Å². The van der Waals surface area contributed by atoms with Crippen LogP contribution in [-0.2, 0) is 13.5 Å². The van der Waals surface area contributed by atoms with E-state index in [-0.39, 0.29) is 6.04 Å². The van der Waals surface area contributed by atoms with Crippen molar-refractivity contribution in [1.82, 2.24) is 20.2 Å². The monoisotopic (exact) mass is 260 g/mol. The molecule has 0 radical (unpaired) electrons. The number of rotatable bonds is 5. The van der Waals surface area contributed by atoms with Gasteiger partial charge in [0.2, 0.25) is 0 Å². The van der Waals surface area contributed by atoms with Crippen LogP contribution in [0.25, 0.3) is 0 Å². The number of nitrogens with two attached hydrogens (primary N) is 1. The zero-order valence-corrected chi connectivity index (χ0v) is 11.5. The van der Waals surface area contributed by atoms with Crippen LogP contribution in [0.15, 0.2) is 30.6 Å². The van der Waals surface area contributed by atoms with Gasteiger partial charge in [-0.1, -0.05) is 12.1 Å². The van der Waals surface area contributed by atoms with Crippen LogP contribution in [0.2, 0.25) is 0 Å². The first-order valence-electron chi connectivity index (χ1n) is 6.18. The summed E-state index contributed by atoms with van der Waals surface area (Å²) < 4.78 is 1.76. The minimum atomic E-state index is 0.0270. The highest BCUT2D eigenvalue weighted by Crippen LogP contribution is 2.20. The van der Waals surface area contributed by atoms with E-state index >= 15 is 0 Å². The molecule has 0 aliphatic rings. The van der Waals surface area contributed by atoms with E-state index < -0.39 is 0 Å². The Kier molecular flexibility index (Phi) is 4.13. The molecule has 0 saturated heterocycles. The molecule has 0 aliphatic carbocycles. The Morgan fingerprint density at radius 2 is 2.00 bits per heavy atom. The number of nitrogens with one attached hydrogen (secondary N) is 1. The normalized spacial score (nSPS) is 12.4. The lowest BCUT2D eigenvalue weighted by Crippen LogP contribution is -2.30. The van der Waals surface area contributed by atoms with Gasteiger partial charge in [-0.3, -0.25) is 16.0 Å². The van der Waals surface area contributed by atoms with Gasteiger partial charge in [0.15, 0.2) is 0 Å². The largest absolute Gasteiger partial charge is 0.378 e. The molecule has 2 rings (SSSR count). The second-order valence-corrected chi connectivity index (χ2v) is 4.71. The molecule has 1 aromatic heterocycles. The molecule has 0 fully saturated rings. The summed E-state index contributed by atoms with van der Waals surface area (Å²) in [6.07, 6.45) is 2.26. The van der Waals surface area contributed by atoms with Crippen LogP contribution < -0.4 is 16.2 Å². The molecular weight excluding hydrogens is 240 g/mol. The average molecular weight is 260 g/mol. The summed E-state index contributed by atoms with van der Waals surface area (Å²) in [5, 5.41) is 4.07. The number of aryl methyl sites for hydroxylation is 1. The highest BCUT2D eigenvalue weighted by atomic mass is 15.3. The Hall–Kier alpha value is -1.92. The first-order chi connectivity index (χ1) is 9.11. The predicted octanol–water partition coefficient (Wildman–Crippen LogP) is 0.628. The number of benzene rings is 1. The third-order valence-electron chi connectivity index (χ3n) is 3.20. The average Bonchev–Trinajstić information content (AvgIpc) is 2.81. The van der Waals surface area contributed by atoms with Crippen LogP contribution in [0.3, 0.4) is 0 Å². The smallest absolute Gasteiger partial charge is 0.138 e. The van der Waals surface area contributed by atoms with Gasteiger partial charge in [-0.15, -0.1) is 0 Å². The van der Waals surface area contributed by atoms with Crippen molar-refractivity contribution in [3.8, 4) is 0 Å². The molecule has 0 spiro atoms. The van der Waals surface area contributed by atoms with Gasteiger partial charge in [-0.2, -0.15) is 5.10 Å². The lowest BCUT2D eigenvalue weighted by molar-refractivity contribution is 0.523. The molecule has 1 atom stereocenters. The van der Waals surface area contributed by atoms with E-state index in [2.05, 4.69) is 44.7 Å². The van der Waals surface area contributed by atoms with Crippen molar-refractivity contribution < 1.29 is 0 Å². The minimum Gasteiger partial charge on any atom is -0.378 e. The van der Waals surface area contributed by atoms with Gasteiger partial charge in [0.05, 0.1) is 6.04 Å². The molecular formula is C13H20N6. The molecule has 1 unspecified atom stereocenters. The van der Waals surface area contributed by atoms with Crippen molar-refractivity contribution in [1.29, 1.82) is 0 Å². The Labute approximate surface area is 113 Å². The SMILES string of the molecule is CN(C)c1ccc(C(Cc2ncnn2C)NN)cc1. The Morgan fingerprint density at radius 3 is 2.47 bits per heavy atom. The van der Waals surface area contributed by atoms with Crippen LogP contribution >= 0.6 is 0 Å². The summed E-state index contributed by atoms with van der Waals surface area (Å²) in [6.45, 7) is 0. The number of nitrogens with zero attached hydrogens (tertiary/aromatic N) is 4. The maximum Gasteiger partial charge on any atom is 0.138 e. The molecule has 6 nitrogen and oxygen atoms in total. The molecule has 3 N–H and O–H groups in total. The number of hydrazine groups is 1. The highest BCUT2D eigenvalue weighted by Gasteiger charge is 2.13. The van der Waals surface area contributed by atoms with Crippen molar-refractivity contribution in [2.45, 2.75) is 12.5 Å². The molecule has 19 heavy (non-hydrogen) atoms. The van der Waals surface area contributed by atoms with Crippen molar-refractivity contribution >= 4 is 5.69 Å². The van der Waals surface area contributed by atoms with Crippen LogP contribution in [-0.4, -0.2) is 28.9 Å². The third kappa shape index (κ3) is 3.10. The summed E-state index contributed by atoms with van der Waals surface area (Å²) in [5.74, 6) is 6.55. The first-order valence-corrected chi connectivity index (χ1v) is 6.18. The zero-order valence-electron chi connectivity index (χ0n) is 11.5. The third-order valence-corrected chi connectivity index (χ3v) is 3.20. The molecule has 0 saturated carbocycles. The maximum absolute atomic E-state index is 5.65. The summed E-state index contributed by atoms with van der Waals surface area (Å²) in [5.41, 5.74) is 5.14. The molecule has 0 amide bonds. The lowest BCUT2D eigenvalue weighted by atomic mass is 10.0. The van der Waals surface area contributed by atoms with E-state index in [0.717, 1.165) is 17.1 Å². The number of hydrogen-bond acceptors (Lipinski definition) is 5. The van der Waals surface area contributed by atoms with Gasteiger partial charge in [0.1, 0.15) is 12.2 Å². The second kappa shape index (κ2) is 5.81. The summed E-state index contributed by atoms with van der Waals surface area (Å²) in [7, 11) is 5.92. The standard InChI is InChI=1S/C13H20N6/c1-18(2)11-6-4-10(5-7-11)12(17-14)8-13-15-9-16-19(13)3/h4-7,9,12,17H,8,14H2,1-3H3. The van der Waals surface area contributed by atoms with Gasteiger partial charge < -0.3 is 4.90 Å². The van der Waals surface area contributed by atoms with Gasteiger partial charge in [0, 0.05) is 33.3 Å². The van der Waals surface area contributed by atoms with Crippen LogP contribution in [0.1, 0.15) is 17.4 Å². The van der Waals surface area contributed by atoms with E-state index in [1.54, 1.807) is 11.0 Å². The maximum atomic E-state index is 5.65. The van der Waals surface area contributed by atoms with Crippen LogP contribution in [0.5, 0.6) is 0 Å².